The van der Waals surface area contributed by atoms with Crippen molar-refractivity contribution in [2.24, 2.45) is 5.11 Å². The van der Waals surface area contributed by atoms with E-state index in [0.29, 0.717) is 11.3 Å². The zero-order valence-corrected chi connectivity index (χ0v) is 13.7. The Bertz CT molecular complexity index is 743. The summed E-state index contributed by atoms with van der Waals surface area (Å²) < 4.78 is 24.8. The molecule has 132 valence electrons. The van der Waals surface area contributed by atoms with Gasteiger partial charge in [-0.1, -0.05) is 29.4 Å². The molecule has 25 heavy (non-hydrogen) atoms. The number of imide groups is 1. The Hall–Kier alpha value is -2.75. The highest BCUT2D eigenvalue weighted by Crippen LogP contribution is 2.32. The highest BCUT2D eigenvalue weighted by molar-refractivity contribution is 7.74. The fraction of sp³-hybridized carbons (Fsp3) is 0.357. The number of hydrogen-bond acceptors (Lipinski definition) is 7. The van der Waals surface area contributed by atoms with Crippen LogP contribution in [-0.2, 0) is 29.9 Å². The van der Waals surface area contributed by atoms with Crippen molar-refractivity contribution in [3.8, 4) is 0 Å². The summed E-state index contributed by atoms with van der Waals surface area (Å²) in [5, 5.41) is 3.43. The maximum absolute atomic E-state index is 12.0. The summed E-state index contributed by atoms with van der Waals surface area (Å²) in [5.74, 6) is -1.71. The van der Waals surface area contributed by atoms with Gasteiger partial charge in [0.2, 0.25) is 11.8 Å². The standard InChI is InChI=1S/C14H14N4O6S/c15-17-16-10-3-1-9(2-4-10)11(5-8-14(21)24-25(22)23)18-12(19)6-7-13(18)20/h1-4,11H,5-8H2,(H,22,23)/p-1. The summed E-state index contributed by atoms with van der Waals surface area (Å²) in [5.41, 5.74) is 9.32. The van der Waals surface area contributed by atoms with Crippen LogP contribution >= 0.6 is 0 Å². The maximum atomic E-state index is 12.0. The van der Waals surface area contributed by atoms with E-state index in [4.69, 9.17) is 5.53 Å². The van der Waals surface area contributed by atoms with Crippen LogP contribution in [0.4, 0.5) is 5.69 Å². The molecule has 0 spiro atoms. The molecule has 11 heteroatoms. The summed E-state index contributed by atoms with van der Waals surface area (Å²) in [6.45, 7) is 0. The van der Waals surface area contributed by atoms with E-state index in [9.17, 15) is 23.1 Å². The van der Waals surface area contributed by atoms with Crippen molar-refractivity contribution in [1.29, 1.82) is 0 Å². The van der Waals surface area contributed by atoms with Gasteiger partial charge in [0, 0.05) is 29.9 Å². The van der Waals surface area contributed by atoms with Crippen LogP contribution in [0.1, 0.15) is 37.3 Å². The van der Waals surface area contributed by atoms with E-state index < -0.39 is 23.4 Å². The number of amides is 2. The van der Waals surface area contributed by atoms with Gasteiger partial charge in [-0.25, -0.2) is 4.21 Å². The SMILES string of the molecule is [N-]=[N+]=Nc1ccc(C(CCC(=O)OS(=O)[O-])N2C(=O)CCC2=O)cc1. The number of likely N-dealkylation sites (tertiary alicyclic amines) is 1. The molecule has 1 aliphatic rings. The van der Waals surface area contributed by atoms with Crippen molar-refractivity contribution < 1.29 is 27.3 Å². The van der Waals surface area contributed by atoms with Gasteiger partial charge in [0.25, 0.3) is 0 Å². The number of carbonyl (C=O) groups is 3. The Balaban J connectivity index is 2.23. The molecule has 1 heterocycles. The molecule has 1 fully saturated rings. The molecular formula is C14H13N4O6S-. The predicted molar refractivity (Wildman–Crippen MR) is 83.3 cm³/mol. The number of benzene rings is 1. The zero-order valence-electron chi connectivity index (χ0n) is 12.9. The number of hydrogen-bond donors (Lipinski definition) is 0. The van der Waals surface area contributed by atoms with Crippen molar-refractivity contribution in [1.82, 2.24) is 4.90 Å². The second-order valence-electron chi connectivity index (χ2n) is 5.15. The van der Waals surface area contributed by atoms with Crippen molar-refractivity contribution in [2.45, 2.75) is 31.7 Å². The minimum Gasteiger partial charge on any atom is -0.740 e. The predicted octanol–water partition coefficient (Wildman–Crippen LogP) is 1.94. The van der Waals surface area contributed by atoms with E-state index in [1.54, 1.807) is 12.1 Å². The molecule has 10 nitrogen and oxygen atoms in total. The Labute approximate surface area is 144 Å². The number of rotatable bonds is 7. The van der Waals surface area contributed by atoms with Crippen LogP contribution in [0.2, 0.25) is 0 Å². The Morgan fingerprint density at radius 2 is 1.92 bits per heavy atom. The molecule has 1 aliphatic heterocycles. The zero-order chi connectivity index (χ0) is 18.4. The number of carbonyl (C=O) groups excluding carboxylic acids is 3. The second-order valence-corrected chi connectivity index (χ2v) is 5.73. The lowest BCUT2D eigenvalue weighted by molar-refractivity contribution is -0.143. The van der Waals surface area contributed by atoms with E-state index in [1.165, 1.54) is 12.1 Å². The van der Waals surface area contributed by atoms with Crippen molar-refractivity contribution >= 4 is 34.8 Å². The van der Waals surface area contributed by atoms with Crippen LogP contribution in [0.3, 0.4) is 0 Å². The average Bonchev–Trinajstić information content (AvgIpc) is 2.88. The van der Waals surface area contributed by atoms with E-state index in [2.05, 4.69) is 14.2 Å². The third-order valence-electron chi connectivity index (χ3n) is 3.62. The van der Waals surface area contributed by atoms with Gasteiger partial charge in [-0.3, -0.25) is 19.3 Å². The van der Waals surface area contributed by atoms with Crippen LogP contribution in [0.15, 0.2) is 29.4 Å². The molecule has 1 aromatic rings. The van der Waals surface area contributed by atoms with Gasteiger partial charge in [0.1, 0.15) is 11.4 Å². The molecule has 2 rings (SSSR count). The van der Waals surface area contributed by atoms with Gasteiger partial charge in [-0.05, 0) is 17.5 Å². The molecule has 0 N–H and O–H groups in total. The first kappa shape index (κ1) is 18.6. The van der Waals surface area contributed by atoms with Gasteiger partial charge >= 0.3 is 5.97 Å². The summed E-state index contributed by atoms with van der Waals surface area (Å²) in [4.78, 5) is 39.2. The van der Waals surface area contributed by atoms with Crippen molar-refractivity contribution in [3.63, 3.8) is 0 Å². The molecule has 0 aromatic heterocycles. The molecule has 2 atom stereocenters. The van der Waals surface area contributed by atoms with Crippen molar-refractivity contribution in [2.75, 3.05) is 0 Å². The lowest BCUT2D eigenvalue weighted by Crippen LogP contribution is -2.34. The first-order valence-electron chi connectivity index (χ1n) is 7.22. The topological polar surface area (TPSA) is 153 Å². The minimum atomic E-state index is -2.97. The third kappa shape index (κ3) is 4.86. The van der Waals surface area contributed by atoms with Crippen LogP contribution < -0.4 is 0 Å². The summed E-state index contributed by atoms with van der Waals surface area (Å²) in [6.07, 6.45) is -0.121. The maximum Gasteiger partial charge on any atom is 0.319 e. The second kappa shape index (κ2) is 8.38. The molecule has 2 unspecified atom stereocenters. The van der Waals surface area contributed by atoms with Crippen LogP contribution in [-0.4, -0.2) is 31.4 Å². The Kier molecular flexibility index (Phi) is 6.23. The third-order valence-corrected chi connectivity index (χ3v) is 3.94. The largest absolute Gasteiger partial charge is 0.740 e. The summed E-state index contributed by atoms with van der Waals surface area (Å²) >= 11 is -2.97. The molecule has 1 saturated heterocycles. The van der Waals surface area contributed by atoms with Crippen LogP contribution in [0.5, 0.6) is 0 Å². The lowest BCUT2D eigenvalue weighted by Gasteiger charge is -2.26. The molecule has 1 aromatic carbocycles. The molecule has 0 bridgehead atoms. The average molecular weight is 365 g/mol. The first-order chi connectivity index (χ1) is 11.9. The summed E-state index contributed by atoms with van der Waals surface area (Å²) in [6, 6.07) is 5.43. The van der Waals surface area contributed by atoms with Crippen LogP contribution in [0, 0.1) is 0 Å². The van der Waals surface area contributed by atoms with E-state index in [1.807, 2.05) is 0 Å². The quantitative estimate of drug-likeness (QED) is 0.236. The van der Waals surface area contributed by atoms with E-state index >= 15 is 0 Å². The van der Waals surface area contributed by atoms with Gasteiger partial charge in [0.05, 0.1) is 6.04 Å². The molecule has 2 amide bonds. The fourth-order valence-corrected chi connectivity index (χ4v) is 2.81. The van der Waals surface area contributed by atoms with Crippen molar-refractivity contribution in [3.05, 3.63) is 40.3 Å². The number of nitrogens with zero attached hydrogens (tertiary/aromatic N) is 4. The Morgan fingerprint density at radius 3 is 2.44 bits per heavy atom. The molecular weight excluding hydrogens is 352 g/mol. The van der Waals surface area contributed by atoms with E-state index in [0.717, 1.165) is 4.90 Å². The highest BCUT2D eigenvalue weighted by atomic mass is 32.2. The Morgan fingerprint density at radius 1 is 1.32 bits per heavy atom. The van der Waals surface area contributed by atoms with Gasteiger partial charge < -0.3 is 8.74 Å². The monoisotopic (exact) mass is 365 g/mol. The smallest absolute Gasteiger partial charge is 0.319 e. The highest BCUT2D eigenvalue weighted by Gasteiger charge is 2.36. The van der Waals surface area contributed by atoms with Gasteiger partial charge in [-0.15, -0.1) is 0 Å². The normalized spacial score (nSPS) is 16.3. The molecule has 0 saturated carbocycles. The molecule has 0 aliphatic carbocycles. The number of azide groups is 1. The summed E-state index contributed by atoms with van der Waals surface area (Å²) in [7, 11) is 0. The fourth-order valence-electron chi connectivity index (χ4n) is 2.57. The van der Waals surface area contributed by atoms with Crippen LogP contribution in [0.25, 0.3) is 10.4 Å². The molecule has 0 radical (unpaired) electrons. The van der Waals surface area contributed by atoms with Gasteiger partial charge in [-0.2, -0.15) is 0 Å². The lowest BCUT2D eigenvalue weighted by atomic mass is 10.00. The minimum absolute atomic E-state index is 0.00831. The first-order valence-corrected chi connectivity index (χ1v) is 8.22. The van der Waals surface area contributed by atoms with Gasteiger partial charge in [0.15, 0.2) is 0 Å². The van der Waals surface area contributed by atoms with E-state index in [-0.39, 0.29) is 37.5 Å².